The van der Waals surface area contributed by atoms with Crippen molar-refractivity contribution in [1.82, 2.24) is 4.90 Å². The van der Waals surface area contributed by atoms with Crippen LogP contribution in [0.5, 0.6) is 0 Å². The second kappa shape index (κ2) is 7.13. The van der Waals surface area contributed by atoms with Gasteiger partial charge in [-0.25, -0.2) is 0 Å². The molecule has 1 unspecified atom stereocenters. The van der Waals surface area contributed by atoms with E-state index in [9.17, 15) is 9.90 Å². The van der Waals surface area contributed by atoms with Crippen LogP contribution in [0.1, 0.15) is 65.7 Å². The Labute approximate surface area is 112 Å². The Morgan fingerprint density at radius 2 is 1.89 bits per heavy atom. The lowest BCUT2D eigenvalue weighted by Crippen LogP contribution is -2.46. The van der Waals surface area contributed by atoms with Crippen LogP contribution in [-0.4, -0.2) is 35.1 Å². The summed E-state index contributed by atoms with van der Waals surface area (Å²) < 4.78 is 0. The monoisotopic (exact) mass is 255 g/mol. The maximum absolute atomic E-state index is 11.5. The molecule has 0 radical (unpaired) electrons. The Hall–Kier alpha value is -0.570. The van der Waals surface area contributed by atoms with E-state index in [0.717, 1.165) is 19.4 Å². The highest BCUT2D eigenvalue weighted by molar-refractivity contribution is 5.74. The molecular weight excluding hydrogens is 226 g/mol. The molecule has 1 atom stereocenters. The van der Waals surface area contributed by atoms with E-state index >= 15 is 0 Å². The molecule has 1 aliphatic rings. The van der Waals surface area contributed by atoms with Gasteiger partial charge in [0, 0.05) is 12.6 Å². The predicted molar refractivity (Wildman–Crippen MR) is 74.8 cm³/mol. The zero-order valence-electron chi connectivity index (χ0n) is 12.2. The van der Waals surface area contributed by atoms with Gasteiger partial charge in [-0.1, -0.05) is 39.5 Å². The minimum absolute atomic E-state index is 0.581. The van der Waals surface area contributed by atoms with E-state index in [1.165, 1.54) is 32.1 Å². The quantitative estimate of drug-likeness (QED) is 0.756. The molecule has 18 heavy (non-hydrogen) atoms. The topological polar surface area (TPSA) is 40.5 Å². The van der Waals surface area contributed by atoms with Gasteiger partial charge in [0.25, 0.3) is 0 Å². The van der Waals surface area contributed by atoms with Gasteiger partial charge in [0.05, 0.1) is 5.41 Å². The van der Waals surface area contributed by atoms with Crippen molar-refractivity contribution in [1.29, 1.82) is 0 Å². The molecule has 0 bridgehead atoms. The maximum Gasteiger partial charge on any atom is 0.310 e. The first kappa shape index (κ1) is 15.5. The summed E-state index contributed by atoms with van der Waals surface area (Å²) in [7, 11) is 0. The number of carbonyl (C=O) groups is 1. The molecule has 0 aromatic carbocycles. The average molecular weight is 255 g/mol. The van der Waals surface area contributed by atoms with Crippen molar-refractivity contribution in [3.63, 3.8) is 0 Å². The first-order valence-electron chi connectivity index (χ1n) is 7.51. The van der Waals surface area contributed by atoms with Crippen LogP contribution < -0.4 is 0 Å². The van der Waals surface area contributed by atoms with Crippen molar-refractivity contribution in [3.05, 3.63) is 0 Å². The van der Waals surface area contributed by atoms with Crippen molar-refractivity contribution in [2.75, 3.05) is 13.1 Å². The highest BCUT2D eigenvalue weighted by atomic mass is 16.4. The van der Waals surface area contributed by atoms with Crippen molar-refractivity contribution >= 4 is 5.97 Å². The van der Waals surface area contributed by atoms with E-state index in [1.807, 2.05) is 6.92 Å². The third-order valence-electron chi connectivity index (χ3n) is 4.37. The Kier molecular flexibility index (Phi) is 6.13. The number of hydrogen-bond acceptors (Lipinski definition) is 2. The lowest BCUT2D eigenvalue weighted by Gasteiger charge is -2.38. The van der Waals surface area contributed by atoms with Gasteiger partial charge >= 0.3 is 5.97 Å². The molecule has 0 aromatic heterocycles. The largest absolute Gasteiger partial charge is 0.481 e. The molecule has 0 aliphatic heterocycles. The number of carboxylic acids is 1. The fourth-order valence-electron chi connectivity index (χ4n) is 3.20. The first-order chi connectivity index (χ1) is 8.53. The van der Waals surface area contributed by atoms with Crippen molar-refractivity contribution in [3.8, 4) is 0 Å². The average Bonchev–Trinajstić information content (AvgIpc) is 2.37. The molecule has 1 rings (SSSR count). The van der Waals surface area contributed by atoms with Gasteiger partial charge < -0.3 is 5.11 Å². The molecule has 1 N–H and O–H groups in total. The number of aliphatic carboxylic acids is 1. The van der Waals surface area contributed by atoms with Crippen LogP contribution in [0.3, 0.4) is 0 Å². The molecule has 1 fully saturated rings. The third kappa shape index (κ3) is 3.98. The second-order valence-corrected chi connectivity index (χ2v) is 5.97. The van der Waals surface area contributed by atoms with Gasteiger partial charge in [0.15, 0.2) is 0 Å². The van der Waals surface area contributed by atoms with E-state index < -0.39 is 11.4 Å². The molecule has 0 spiro atoms. The van der Waals surface area contributed by atoms with Crippen LogP contribution in [-0.2, 0) is 4.79 Å². The summed E-state index contributed by atoms with van der Waals surface area (Å²) in [6.45, 7) is 7.81. The standard InChI is InChI=1S/C15H29NO2/c1-4-11-15(3,14(17)18)12-16(5-2)13-9-7-6-8-10-13/h13H,4-12H2,1-3H3,(H,17,18). The number of rotatable bonds is 7. The number of carboxylic acid groups (broad SMARTS) is 1. The molecule has 3 heteroatoms. The Morgan fingerprint density at radius 1 is 1.28 bits per heavy atom. The summed E-state index contributed by atoms with van der Waals surface area (Å²) in [5.74, 6) is -0.640. The van der Waals surface area contributed by atoms with Gasteiger partial charge in [-0.05, 0) is 32.7 Å². The predicted octanol–water partition coefficient (Wildman–Crippen LogP) is 3.53. The summed E-state index contributed by atoms with van der Waals surface area (Å²) in [5, 5.41) is 9.48. The van der Waals surface area contributed by atoms with E-state index in [4.69, 9.17) is 0 Å². The molecule has 1 aliphatic carbocycles. The Balaban J connectivity index is 2.66. The summed E-state index contributed by atoms with van der Waals surface area (Å²) in [6.07, 6.45) is 8.15. The van der Waals surface area contributed by atoms with Crippen molar-refractivity contribution < 1.29 is 9.90 Å². The van der Waals surface area contributed by atoms with Gasteiger partial charge in [0.2, 0.25) is 0 Å². The fourth-order valence-corrected chi connectivity index (χ4v) is 3.20. The minimum Gasteiger partial charge on any atom is -0.481 e. The van der Waals surface area contributed by atoms with Crippen LogP contribution in [0, 0.1) is 5.41 Å². The normalized spacial score (nSPS) is 20.9. The zero-order valence-corrected chi connectivity index (χ0v) is 12.2. The lowest BCUT2D eigenvalue weighted by molar-refractivity contribution is -0.150. The SMILES string of the molecule is CCCC(C)(CN(CC)C1CCCCC1)C(=O)O. The highest BCUT2D eigenvalue weighted by Gasteiger charge is 2.35. The fraction of sp³-hybridized carbons (Fsp3) is 0.933. The third-order valence-corrected chi connectivity index (χ3v) is 4.37. The molecule has 3 nitrogen and oxygen atoms in total. The smallest absolute Gasteiger partial charge is 0.310 e. The molecular formula is C15H29NO2. The minimum atomic E-state index is -0.640. The number of hydrogen-bond donors (Lipinski definition) is 1. The van der Waals surface area contributed by atoms with Gasteiger partial charge in [0.1, 0.15) is 0 Å². The molecule has 0 saturated heterocycles. The second-order valence-electron chi connectivity index (χ2n) is 5.97. The first-order valence-corrected chi connectivity index (χ1v) is 7.51. The van der Waals surface area contributed by atoms with Gasteiger partial charge in [-0.3, -0.25) is 9.69 Å². The summed E-state index contributed by atoms with van der Waals surface area (Å²) in [6, 6.07) is 0.610. The Bertz CT molecular complexity index is 261. The molecule has 0 amide bonds. The summed E-state index contributed by atoms with van der Waals surface area (Å²) >= 11 is 0. The van der Waals surface area contributed by atoms with Gasteiger partial charge in [-0.2, -0.15) is 0 Å². The summed E-state index contributed by atoms with van der Waals surface area (Å²) in [5.41, 5.74) is -0.581. The van der Waals surface area contributed by atoms with Crippen LogP contribution in [0.25, 0.3) is 0 Å². The summed E-state index contributed by atoms with van der Waals surface area (Å²) in [4.78, 5) is 13.9. The van der Waals surface area contributed by atoms with Crippen LogP contribution in [0.2, 0.25) is 0 Å². The van der Waals surface area contributed by atoms with E-state index in [2.05, 4.69) is 18.7 Å². The maximum atomic E-state index is 11.5. The van der Waals surface area contributed by atoms with E-state index in [0.29, 0.717) is 12.6 Å². The molecule has 0 heterocycles. The zero-order chi connectivity index (χ0) is 13.6. The highest BCUT2D eigenvalue weighted by Crippen LogP contribution is 2.29. The van der Waals surface area contributed by atoms with Crippen molar-refractivity contribution in [2.45, 2.75) is 71.8 Å². The van der Waals surface area contributed by atoms with Crippen LogP contribution >= 0.6 is 0 Å². The van der Waals surface area contributed by atoms with Crippen LogP contribution in [0.4, 0.5) is 0 Å². The lowest BCUT2D eigenvalue weighted by atomic mass is 9.83. The van der Waals surface area contributed by atoms with E-state index in [1.54, 1.807) is 0 Å². The Morgan fingerprint density at radius 3 is 2.33 bits per heavy atom. The van der Waals surface area contributed by atoms with E-state index in [-0.39, 0.29) is 0 Å². The van der Waals surface area contributed by atoms with Gasteiger partial charge in [-0.15, -0.1) is 0 Å². The van der Waals surface area contributed by atoms with Crippen molar-refractivity contribution in [2.24, 2.45) is 5.41 Å². The number of nitrogens with zero attached hydrogens (tertiary/aromatic N) is 1. The molecule has 1 saturated carbocycles. The van der Waals surface area contributed by atoms with Crippen LogP contribution in [0.15, 0.2) is 0 Å². The molecule has 106 valence electrons. The molecule has 0 aromatic rings.